The van der Waals surface area contributed by atoms with Gasteiger partial charge in [0.15, 0.2) is 0 Å². The molecule has 0 saturated carbocycles. The Labute approximate surface area is 129 Å². The second kappa shape index (κ2) is 6.04. The minimum absolute atomic E-state index is 0.352. The highest BCUT2D eigenvalue weighted by Crippen LogP contribution is 2.33. The molecule has 0 aliphatic rings. The summed E-state index contributed by atoms with van der Waals surface area (Å²) in [7, 11) is 0. The highest BCUT2D eigenvalue weighted by molar-refractivity contribution is 5.92. The number of pyridine rings is 2. The average Bonchev–Trinajstić information content (AvgIpc) is 2.55. The molecule has 0 saturated heterocycles. The number of nitrogens with one attached hydrogen (secondary N) is 1. The molecule has 1 N–H and O–H groups in total. The molecule has 0 unspecified atom stereocenters. The predicted molar refractivity (Wildman–Crippen MR) is 82.2 cm³/mol. The molecule has 2 heterocycles. The van der Waals surface area contributed by atoms with Crippen molar-refractivity contribution in [3.8, 4) is 0 Å². The Hall–Kier alpha value is -2.96. The molecule has 4 nitrogen and oxygen atoms in total. The summed E-state index contributed by atoms with van der Waals surface area (Å²) in [6.45, 7) is 0. The van der Waals surface area contributed by atoms with Gasteiger partial charge in [-0.2, -0.15) is 18.3 Å². The first-order chi connectivity index (χ1) is 11.0. The summed E-state index contributed by atoms with van der Waals surface area (Å²) in [5.41, 5.74) is 3.70. The van der Waals surface area contributed by atoms with Crippen molar-refractivity contribution in [2.45, 2.75) is 6.18 Å². The van der Waals surface area contributed by atoms with E-state index < -0.39 is 11.7 Å². The number of hydrazone groups is 1. The highest BCUT2D eigenvalue weighted by Gasteiger charge is 2.30. The predicted octanol–water partition coefficient (Wildman–Crippen LogP) is 4.09. The lowest BCUT2D eigenvalue weighted by Gasteiger charge is -2.09. The van der Waals surface area contributed by atoms with Crippen molar-refractivity contribution in [3.05, 3.63) is 66.1 Å². The lowest BCUT2D eigenvalue weighted by molar-refractivity contribution is -0.137. The molecule has 0 aliphatic heterocycles. The third-order valence-corrected chi connectivity index (χ3v) is 3.15. The van der Waals surface area contributed by atoms with Crippen molar-refractivity contribution >= 4 is 22.8 Å². The van der Waals surface area contributed by atoms with Crippen molar-refractivity contribution in [1.29, 1.82) is 0 Å². The van der Waals surface area contributed by atoms with Gasteiger partial charge in [0.25, 0.3) is 0 Å². The van der Waals surface area contributed by atoms with E-state index in [1.165, 1.54) is 18.5 Å². The smallest absolute Gasteiger partial charge is 0.278 e. The molecular weight excluding hydrogens is 305 g/mol. The Morgan fingerprint density at radius 2 is 1.96 bits per heavy atom. The van der Waals surface area contributed by atoms with E-state index in [0.29, 0.717) is 16.6 Å². The second-order valence-corrected chi connectivity index (χ2v) is 4.74. The molecule has 0 fully saturated rings. The Morgan fingerprint density at radius 3 is 2.70 bits per heavy atom. The van der Waals surface area contributed by atoms with Crippen LogP contribution in [0.1, 0.15) is 11.1 Å². The van der Waals surface area contributed by atoms with Gasteiger partial charge in [-0.3, -0.25) is 15.4 Å². The third-order valence-electron chi connectivity index (χ3n) is 3.15. The van der Waals surface area contributed by atoms with Crippen LogP contribution in [-0.4, -0.2) is 16.2 Å². The molecule has 0 amide bonds. The Bertz CT molecular complexity index is 845. The van der Waals surface area contributed by atoms with Gasteiger partial charge in [0, 0.05) is 29.5 Å². The van der Waals surface area contributed by atoms with Gasteiger partial charge in [-0.1, -0.05) is 6.07 Å². The number of aromatic nitrogens is 2. The molecule has 2 aromatic heterocycles. The fraction of sp³-hybridized carbons (Fsp3) is 0.0625. The fourth-order valence-corrected chi connectivity index (χ4v) is 2.05. The maximum absolute atomic E-state index is 12.8. The number of rotatable bonds is 3. The van der Waals surface area contributed by atoms with Gasteiger partial charge in [-0.05, 0) is 30.3 Å². The number of alkyl halides is 3. The van der Waals surface area contributed by atoms with Gasteiger partial charge in [0.2, 0.25) is 0 Å². The SMILES string of the molecule is FC(F)(F)c1ccc2nccc(NN=Cc3cccnc3)c2c1. The maximum Gasteiger partial charge on any atom is 0.416 e. The topological polar surface area (TPSA) is 50.2 Å². The number of nitrogens with zero attached hydrogens (tertiary/aromatic N) is 3. The molecule has 0 atom stereocenters. The van der Waals surface area contributed by atoms with E-state index in [2.05, 4.69) is 20.5 Å². The van der Waals surface area contributed by atoms with Crippen LogP contribution in [0.4, 0.5) is 18.9 Å². The molecule has 0 aliphatic carbocycles. The molecule has 3 aromatic rings. The van der Waals surface area contributed by atoms with Crippen molar-refractivity contribution < 1.29 is 13.2 Å². The Balaban J connectivity index is 1.92. The van der Waals surface area contributed by atoms with E-state index in [1.54, 1.807) is 24.5 Å². The normalized spacial score (nSPS) is 12.0. The average molecular weight is 316 g/mol. The summed E-state index contributed by atoms with van der Waals surface area (Å²) in [6.07, 6.45) is 1.90. The zero-order valence-electron chi connectivity index (χ0n) is 11.7. The van der Waals surface area contributed by atoms with E-state index in [9.17, 15) is 13.2 Å². The first-order valence-electron chi connectivity index (χ1n) is 6.69. The summed E-state index contributed by atoms with van der Waals surface area (Å²) in [4.78, 5) is 8.01. The summed E-state index contributed by atoms with van der Waals surface area (Å²) < 4.78 is 38.5. The zero-order valence-corrected chi connectivity index (χ0v) is 11.7. The van der Waals surface area contributed by atoms with E-state index in [0.717, 1.165) is 17.7 Å². The highest BCUT2D eigenvalue weighted by atomic mass is 19.4. The van der Waals surface area contributed by atoms with Crippen molar-refractivity contribution in [2.24, 2.45) is 5.10 Å². The third kappa shape index (κ3) is 3.45. The molecular formula is C16H11F3N4. The van der Waals surface area contributed by atoms with E-state index >= 15 is 0 Å². The summed E-state index contributed by atoms with van der Waals surface area (Å²) >= 11 is 0. The summed E-state index contributed by atoms with van der Waals surface area (Å²) in [5, 5.41) is 4.38. The molecule has 0 spiro atoms. The van der Waals surface area contributed by atoms with Crippen LogP contribution >= 0.6 is 0 Å². The maximum atomic E-state index is 12.8. The van der Waals surface area contributed by atoms with Crippen LogP contribution in [0.5, 0.6) is 0 Å². The monoisotopic (exact) mass is 316 g/mol. The number of hydrogen-bond donors (Lipinski definition) is 1. The molecule has 0 bridgehead atoms. The van der Waals surface area contributed by atoms with Crippen LogP contribution < -0.4 is 5.43 Å². The zero-order chi connectivity index (χ0) is 16.3. The minimum atomic E-state index is -4.40. The van der Waals surface area contributed by atoms with Crippen molar-refractivity contribution in [2.75, 3.05) is 5.43 Å². The number of anilines is 1. The molecule has 7 heteroatoms. The first kappa shape index (κ1) is 15.0. The summed E-state index contributed by atoms with van der Waals surface area (Å²) in [6, 6.07) is 8.56. The minimum Gasteiger partial charge on any atom is -0.278 e. The second-order valence-electron chi connectivity index (χ2n) is 4.74. The lowest BCUT2D eigenvalue weighted by atomic mass is 10.1. The number of fused-ring (bicyclic) bond motifs is 1. The van der Waals surface area contributed by atoms with Crippen LogP contribution in [0, 0.1) is 0 Å². The van der Waals surface area contributed by atoms with Crippen LogP contribution in [0.3, 0.4) is 0 Å². The largest absolute Gasteiger partial charge is 0.416 e. The molecule has 116 valence electrons. The van der Waals surface area contributed by atoms with Crippen LogP contribution in [-0.2, 0) is 6.18 Å². The van der Waals surface area contributed by atoms with Gasteiger partial charge in [0.05, 0.1) is 23.0 Å². The van der Waals surface area contributed by atoms with Crippen LogP contribution in [0.25, 0.3) is 10.9 Å². The van der Waals surface area contributed by atoms with Gasteiger partial charge in [-0.25, -0.2) is 0 Å². The number of halogens is 3. The van der Waals surface area contributed by atoms with E-state index in [-0.39, 0.29) is 0 Å². The fourth-order valence-electron chi connectivity index (χ4n) is 2.05. The van der Waals surface area contributed by atoms with E-state index in [4.69, 9.17) is 0 Å². The van der Waals surface area contributed by atoms with Gasteiger partial charge in [0.1, 0.15) is 0 Å². The summed E-state index contributed by atoms with van der Waals surface area (Å²) in [5.74, 6) is 0. The van der Waals surface area contributed by atoms with E-state index in [1.807, 2.05) is 6.07 Å². The lowest BCUT2D eigenvalue weighted by Crippen LogP contribution is -2.04. The Morgan fingerprint density at radius 1 is 1.09 bits per heavy atom. The van der Waals surface area contributed by atoms with Gasteiger partial charge < -0.3 is 0 Å². The van der Waals surface area contributed by atoms with Crippen LogP contribution in [0.2, 0.25) is 0 Å². The quantitative estimate of drug-likeness (QED) is 0.585. The molecule has 0 radical (unpaired) electrons. The standard InChI is InChI=1S/C16H11F3N4/c17-16(18,19)12-3-4-14-13(8-12)15(5-7-21-14)23-22-10-11-2-1-6-20-9-11/h1-10H,(H,21,23). The van der Waals surface area contributed by atoms with Crippen LogP contribution in [0.15, 0.2) is 60.1 Å². The Kier molecular flexibility index (Phi) is 3.92. The molecule has 1 aromatic carbocycles. The first-order valence-corrected chi connectivity index (χ1v) is 6.69. The van der Waals surface area contributed by atoms with Crippen molar-refractivity contribution in [3.63, 3.8) is 0 Å². The molecule has 3 rings (SSSR count). The molecule has 23 heavy (non-hydrogen) atoms. The van der Waals surface area contributed by atoms with Crippen molar-refractivity contribution in [1.82, 2.24) is 9.97 Å². The van der Waals surface area contributed by atoms with Gasteiger partial charge >= 0.3 is 6.18 Å². The number of hydrogen-bond acceptors (Lipinski definition) is 4. The van der Waals surface area contributed by atoms with Gasteiger partial charge in [-0.15, -0.1) is 0 Å². The number of benzene rings is 1.